The number of carbonyl (C=O) groups excluding carboxylic acids is 3. The maximum atomic E-state index is 12.7. The van der Waals surface area contributed by atoms with Crippen LogP contribution in [0.1, 0.15) is 53.3 Å². The number of amides is 2. The number of benzene rings is 2. The molecule has 2 amide bonds. The quantitative estimate of drug-likeness (QED) is 0.628. The second-order valence-corrected chi connectivity index (χ2v) is 7.55. The number of nitrogens with zero attached hydrogens (tertiary/aromatic N) is 1. The molecule has 0 saturated carbocycles. The summed E-state index contributed by atoms with van der Waals surface area (Å²) in [7, 11) is 0. The number of likely N-dealkylation sites (tertiary alicyclic amines) is 1. The van der Waals surface area contributed by atoms with Gasteiger partial charge in [-0.3, -0.25) is 9.59 Å². The van der Waals surface area contributed by atoms with E-state index >= 15 is 0 Å². The van der Waals surface area contributed by atoms with Crippen molar-refractivity contribution in [1.29, 1.82) is 0 Å². The van der Waals surface area contributed by atoms with Crippen molar-refractivity contribution in [3.63, 3.8) is 0 Å². The Labute approximate surface area is 182 Å². The number of carbonyl (C=O) groups is 3. The van der Waals surface area contributed by atoms with E-state index in [2.05, 4.69) is 10.6 Å². The monoisotopic (exact) mass is 423 g/mol. The van der Waals surface area contributed by atoms with Gasteiger partial charge in [-0.15, -0.1) is 0 Å². The van der Waals surface area contributed by atoms with E-state index < -0.39 is 0 Å². The van der Waals surface area contributed by atoms with Gasteiger partial charge in [0.25, 0.3) is 5.91 Å². The van der Waals surface area contributed by atoms with Gasteiger partial charge in [-0.25, -0.2) is 4.79 Å². The highest BCUT2D eigenvalue weighted by molar-refractivity contribution is 5.96. The first-order valence-corrected chi connectivity index (χ1v) is 10.8. The molecule has 7 nitrogen and oxygen atoms in total. The number of ether oxygens (including phenoxy) is 1. The molecule has 1 saturated heterocycles. The Morgan fingerprint density at radius 1 is 0.935 bits per heavy atom. The Hall–Kier alpha value is -3.35. The van der Waals surface area contributed by atoms with Gasteiger partial charge in [0.15, 0.2) is 0 Å². The first kappa shape index (κ1) is 22.3. The van der Waals surface area contributed by atoms with Gasteiger partial charge in [0, 0.05) is 30.0 Å². The van der Waals surface area contributed by atoms with E-state index in [1.165, 1.54) is 6.42 Å². The molecule has 0 atom stereocenters. The zero-order valence-corrected chi connectivity index (χ0v) is 17.9. The topological polar surface area (TPSA) is 87.7 Å². The molecular weight excluding hydrogens is 394 g/mol. The van der Waals surface area contributed by atoms with Crippen molar-refractivity contribution in [1.82, 2.24) is 4.90 Å². The molecule has 31 heavy (non-hydrogen) atoms. The van der Waals surface area contributed by atoms with Gasteiger partial charge in [-0.05, 0) is 68.1 Å². The summed E-state index contributed by atoms with van der Waals surface area (Å²) in [6.07, 6.45) is 4.03. The number of hydrogen-bond donors (Lipinski definition) is 2. The second-order valence-electron chi connectivity index (χ2n) is 7.55. The molecule has 0 unspecified atom stereocenters. The lowest BCUT2D eigenvalue weighted by atomic mass is 10.1. The molecule has 1 aliphatic heterocycles. The molecule has 0 bridgehead atoms. The summed E-state index contributed by atoms with van der Waals surface area (Å²) >= 11 is 0. The highest BCUT2D eigenvalue weighted by atomic mass is 16.5. The molecular formula is C24H29N3O4. The van der Waals surface area contributed by atoms with E-state index in [1.807, 2.05) is 24.0 Å². The van der Waals surface area contributed by atoms with Crippen LogP contribution in [0.15, 0.2) is 48.5 Å². The largest absolute Gasteiger partial charge is 0.462 e. The summed E-state index contributed by atoms with van der Waals surface area (Å²) in [6.45, 7) is 3.97. The van der Waals surface area contributed by atoms with Crippen LogP contribution in [0.4, 0.5) is 11.4 Å². The normalized spacial score (nSPS) is 13.4. The summed E-state index contributed by atoms with van der Waals surface area (Å²) in [5, 5.41) is 5.84. The Morgan fingerprint density at radius 2 is 1.68 bits per heavy atom. The Morgan fingerprint density at radius 3 is 2.39 bits per heavy atom. The molecule has 1 aliphatic rings. The van der Waals surface area contributed by atoms with E-state index in [1.54, 1.807) is 36.4 Å². The minimum Gasteiger partial charge on any atom is -0.462 e. The predicted octanol–water partition coefficient (Wildman–Crippen LogP) is 3.93. The fourth-order valence-electron chi connectivity index (χ4n) is 3.40. The van der Waals surface area contributed by atoms with Crippen LogP contribution in [-0.4, -0.2) is 48.9 Å². The van der Waals surface area contributed by atoms with Crippen LogP contribution in [0.5, 0.6) is 0 Å². The van der Waals surface area contributed by atoms with Crippen molar-refractivity contribution in [2.75, 3.05) is 36.9 Å². The highest BCUT2D eigenvalue weighted by Gasteiger charge is 2.18. The van der Waals surface area contributed by atoms with Crippen LogP contribution in [0.2, 0.25) is 0 Å². The van der Waals surface area contributed by atoms with Gasteiger partial charge in [-0.1, -0.05) is 13.0 Å². The van der Waals surface area contributed by atoms with Crippen molar-refractivity contribution >= 4 is 29.2 Å². The van der Waals surface area contributed by atoms with Gasteiger partial charge in [0.1, 0.15) is 0 Å². The fraction of sp³-hybridized carbons (Fsp3) is 0.375. The molecule has 1 fully saturated rings. The Bertz CT molecular complexity index is 905. The van der Waals surface area contributed by atoms with Crippen LogP contribution in [0.3, 0.4) is 0 Å². The standard InChI is InChI=1S/C24H29N3O4/c1-2-15-31-24(30)18-9-11-20(12-10-18)26-22(28)17-25-21-8-6-7-19(16-21)23(29)27-13-4-3-5-14-27/h6-12,16,25H,2-5,13-15,17H2,1H3,(H,26,28). The third kappa shape index (κ3) is 6.57. The number of rotatable bonds is 8. The third-order valence-corrected chi connectivity index (χ3v) is 5.05. The van der Waals surface area contributed by atoms with Gasteiger partial charge >= 0.3 is 5.97 Å². The molecule has 1 heterocycles. The minimum absolute atomic E-state index is 0.0327. The second kappa shape index (κ2) is 11.2. The molecule has 2 aromatic carbocycles. The van der Waals surface area contributed by atoms with Crippen molar-refractivity contribution < 1.29 is 19.1 Å². The molecule has 0 aromatic heterocycles. The van der Waals surface area contributed by atoms with Gasteiger partial charge < -0.3 is 20.3 Å². The maximum absolute atomic E-state index is 12.7. The zero-order valence-electron chi connectivity index (χ0n) is 17.9. The van der Waals surface area contributed by atoms with Crippen molar-refractivity contribution in [2.24, 2.45) is 0 Å². The number of esters is 1. The van der Waals surface area contributed by atoms with Crippen LogP contribution in [0, 0.1) is 0 Å². The average Bonchev–Trinajstić information content (AvgIpc) is 2.82. The molecule has 0 spiro atoms. The van der Waals surface area contributed by atoms with Crippen molar-refractivity contribution in [3.05, 3.63) is 59.7 Å². The van der Waals surface area contributed by atoms with E-state index in [0.717, 1.165) is 32.4 Å². The molecule has 0 aliphatic carbocycles. The van der Waals surface area contributed by atoms with Crippen LogP contribution >= 0.6 is 0 Å². The predicted molar refractivity (Wildman–Crippen MR) is 120 cm³/mol. The van der Waals surface area contributed by atoms with Crippen molar-refractivity contribution in [2.45, 2.75) is 32.6 Å². The summed E-state index contributed by atoms with van der Waals surface area (Å²) in [5.41, 5.74) is 2.37. The van der Waals surface area contributed by atoms with Gasteiger partial charge in [-0.2, -0.15) is 0 Å². The number of nitrogens with one attached hydrogen (secondary N) is 2. The maximum Gasteiger partial charge on any atom is 0.338 e. The summed E-state index contributed by atoms with van der Waals surface area (Å²) in [6, 6.07) is 13.8. The van der Waals surface area contributed by atoms with Gasteiger partial charge in [0.2, 0.25) is 5.91 Å². The smallest absolute Gasteiger partial charge is 0.338 e. The van der Waals surface area contributed by atoms with Gasteiger partial charge in [0.05, 0.1) is 18.7 Å². The number of piperidine rings is 1. The molecule has 2 N–H and O–H groups in total. The SMILES string of the molecule is CCCOC(=O)c1ccc(NC(=O)CNc2cccc(C(=O)N3CCCCC3)c2)cc1. The fourth-order valence-corrected chi connectivity index (χ4v) is 3.40. The average molecular weight is 424 g/mol. The summed E-state index contributed by atoms with van der Waals surface area (Å²) < 4.78 is 5.09. The number of anilines is 2. The summed E-state index contributed by atoms with van der Waals surface area (Å²) in [4.78, 5) is 38.6. The van der Waals surface area contributed by atoms with E-state index in [-0.39, 0.29) is 24.3 Å². The van der Waals surface area contributed by atoms with E-state index in [0.29, 0.717) is 29.1 Å². The molecule has 2 aromatic rings. The lowest BCUT2D eigenvalue weighted by Crippen LogP contribution is -2.35. The lowest BCUT2D eigenvalue weighted by molar-refractivity contribution is -0.114. The Kier molecular flexibility index (Phi) is 8.04. The number of hydrogen-bond acceptors (Lipinski definition) is 5. The van der Waals surface area contributed by atoms with Crippen LogP contribution in [0.25, 0.3) is 0 Å². The first-order chi connectivity index (χ1) is 15.1. The third-order valence-electron chi connectivity index (χ3n) is 5.05. The van der Waals surface area contributed by atoms with Crippen LogP contribution < -0.4 is 10.6 Å². The first-order valence-electron chi connectivity index (χ1n) is 10.8. The van der Waals surface area contributed by atoms with Crippen molar-refractivity contribution in [3.8, 4) is 0 Å². The molecule has 7 heteroatoms. The lowest BCUT2D eigenvalue weighted by Gasteiger charge is -2.26. The summed E-state index contributed by atoms with van der Waals surface area (Å²) in [5.74, 6) is -0.570. The van der Waals surface area contributed by atoms with E-state index in [4.69, 9.17) is 4.74 Å². The highest BCUT2D eigenvalue weighted by Crippen LogP contribution is 2.16. The molecule has 3 rings (SSSR count). The zero-order chi connectivity index (χ0) is 22.1. The molecule has 164 valence electrons. The minimum atomic E-state index is -0.375. The van der Waals surface area contributed by atoms with E-state index in [9.17, 15) is 14.4 Å². The van der Waals surface area contributed by atoms with Crippen LogP contribution in [-0.2, 0) is 9.53 Å². The Balaban J connectivity index is 1.50. The molecule has 0 radical (unpaired) electrons.